The van der Waals surface area contributed by atoms with Crippen LogP contribution in [0.25, 0.3) is 0 Å². The number of anilines is 2. The molecule has 12 heavy (non-hydrogen) atoms. The van der Waals surface area contributed by atoms with Crippen LogP contribution < -0.4 is 5.32 Å². The summed E-state index contributed by atoms with van der Waals surface area (Å²) < 4.78 is 1.75. The van der Waals surface area contributed by atoms with E-state index in [4.69, 9.17) is 0 Å². The predicted octanol–water partition coefficient (Wildman–Crippen LogP) is 1.62. The van der Waals surface area contributed by atoms with Crippen LogP contribution in [0.3, 0.4) is 0 Å². The lowest BCUT2D eigenvalue weighted by Crippen LogP contribution is -1.92. The molecule has 2 aromatic heterocycles. The highest BCUT2D eigenvalue weighted by Gasteiger charge is 1.97. The molecule has 4 nitrogen and oxygen atoms in total. The molecule has 0 aliphatic rings. The van der Waals surface area contributed by atoms with Crippen molar-refractivity contribution < 1.29 is 0 Å². The van der Waals surface area contributed by atoms with Crippen LogP contribution in [0, 0.1) is 0 Å². The monoisotopic (exact) mass is 180 g/mol. The lowest BCUT2D eigenvalue weighted by Gasteiger charge is -1.94. The van der Waals surface area contributed by atoms with Gasteiger partial charge in [0.15, 0.2) is 10.9 Å². The highest BCUT2D eigenvalue weighted by molar-refractivity contribution is 7.13. The van der Waals surface area contributed by atoms with Crippen molar-refractivity contribution in [3.8, 4) is 0 Å². The summed E-state index contributed by atoms with van der Waals surface area (Å²) in [4.78, 5) is 4.08. The maximum Gasteiger partial charge on any atom is 0.188 e. The molecule has 1 N–H and O–H groups in total. The Bertz CT molecular complexity index is 351. The number of hydrogen-bond donors (Lipinski definition) is 1. The third kappa shape index (κ3) is 1.45. The summed E-state index contributed by atoms with van der Waals surface area (Å²) in [6.45, 7) is 0. The Balaban J connectivity index is 2.14. The van der Waals surface area contributed by atoms with Gasteiger partial charge in [-0.3, -0.25) is 4.68 Å². The number of rotatable bonds is 2. The molecule has 0 atom stereocenters. The lowest BCUT2D eigenvalue weighted by molar-refractivity contribution is 0.771. The van der Waals surface area contributed by atoms with Crippen LogP contribution in [0.1, 0.15) is 0 Å². The Morgan fingerprint density at radius 1 is 1.58 bits per heavy atom. The molecule has 0 aromatic carbocycles. The summed E-state index contributed by atoms with van der Waals surface area (Å²) in [5.74, 6) is 0.826. The molecule has 2 rings (SSSR count). The van der Waals surface area contributed by atoms with Gasteiger partial charge in [0.1, 0.15) is 0 Å². The molecule has 0 bridgehead atoms. The first-order valence-electron chi connectivity index (χ1n) is 3.51. The van der Waals surface area contributed by atoms with E-state index in [0.29, 0.717) is 0 Å². The largest absolute Gasteiger partial charge is 0.315 e. The highest BCUT2D eigenvalue weighted by atomic mass is 32.1. The average molecular weight is 180 g/mol. The van der Waals surface area contributed by atoms with Crippen LogP contribution in [-0.2, 0) is 7.05 Å². The van der Waals surface area contributed by atoms with Crippen molar-refractivity contribution in [3.63, 3.8) is 0 Å². The van der Waals surface area contributed by atoms with E-state index >= 15 is 0 Å². The van der Waals surface area contributed by atoms with Gasteiger partial charge < -0.3 is 5.32 Å². The number of thiazole rings is 1. The van der Waals surface area contributed by atoms with Crippen LogP contribution in [-0.4, -0.2) is 14.8 Å². The number of aromatic nitrogens is 3. The second-order valence-electron chi connectivity index (χ2n) is 2.34. The zero-order valence-electron chi connectivity index (χ0n) is 6.56. The summed E-state index contributed by atoms with van der Waals surface area (Å²) in [7, 11) is 1.88. The van der Waals surface area contributed by atoms with E-state index in [9.17, 15) is 0 Å². The standard InChI is InChI=1S/C7H8N4S/c1-11-4-2-6(10-11)9-7-8-3-5-12-7/h2-5H,1H3,(H,8,9,10). The Morgan fingerprint density at radius 3 is 3.08 bits per heavy atom. The van der Waals surface area contributed by atoms with Crippen LogP contribution >= 0.6 is 11.3 Å². The molecule has 2 aromatic rings. The third-order valence-corrected chi connectivity index (χ3v) is 2.07. The minimum atomic E-state index is 0.826. The maximum atomic E-state index is 4.16. The van der Waals surface area contributed by atoms with Gasteiger partial charge in [0.25, 0.3) is 0 Å². The topological polar surface area (TPSA) is 42.7 Å². The van der Waals surface area contributed by atoms with Gasteiger partial charge in [-0.25, -0.2) is 4.98 Å². The van der Waals surface area contributed by atoms with Gasteiger partial charge in [0, 0.05) is 30.9 Å². The number of hydrogen-bond acceptors (Lipinski definition) is 4. The molecule has 0 spiro atoms. The molecule has 5 heteroatoms. The van der Waals surface area contributed by atoms with Crippen molar-refractivity contribution in [2.45, 2.75) is 0 Å². The Hall–Kier alpha value is -1.36. The zero-order valence-corrected chi connectivity index (χ0v) is 7.38. The third-order valence-electron chi connectivity index (χ3n) is 1.38. The Morgan fingerprint density at radius 2 is 2.50 bits per heavy atom. The number of nitrogens with one attached hydrogen (secondary N) is 1. The predicted molar refractivity (Wildman–Crippen MR) is 48.6 cm³/mol. The van der Waals surface area contributed by atoms with E-state index in [1.165, 1.54) is 0 Å². The maximum absolute atomic E-state index is 4.16. The van der Waals surface area contributed by atoms with E-state index in [0.717, 1.165) is 10.9 Å². The first-order chi connectivity index (χ1) is 5.84. The van der Waals surface area contributed by atoms with Gasteiger partial charge >= 0.3 is 0 Å². The Labute approximate surface area is 73.9 Å². The van der Waals surface area contributed by atoms with E-state index in [1.54, 1.807) is 22.2 Å². The highest BCUT2D eigenvalue weighted by Crippen LogP contribution is 2.15. The minimum absolute atomic E-state index is 0.826. The zero-order chi connectivity index (χ0) is 8.39. The van der Waals surface area contributed by atoms with Crippen LogP contribution in [0.2, 0.25) is 0 Å². The molecule has 0 aliphatic heterocycles. The molecule has 0 saturated carbocycles. The first-order valence-corrected chi connectivity index (χ1v) is 4.39. The minimum Gasteiger partial charge on any atom is -0.315 e. The van der Waals surface area contributed by atoms with Crippen molar-refractivity contribution >= 4 is 22.3 Å². The summed E-state index contributed by atoms with van der Waals surface area (Å²) in [5.41, 5.74) is 0. The SMILES string of the molecule is Cn1ccc(Nc2nccs2)n1. The molecule has 0 amide bonds. The number of aryl methyl sites for hydroxylation is 1. The fraction of sp³-hybridized carbons (Fsp3) is 0.143. The average Bonchev–Trinajstić information content (AvgIpc) is 2.63. The van der Waals surface area contributed by atoms with Gasteiger partial charge in [-0.2, -0.15) is 5.10 Å². The van der Waals surface area contributed by atoms with Crippen LogP contribution in [0.15, 0.2) is 23.8 Å². The number of nitrogens with zero attached hydrogens (tertiary/aromatic N) is 3. The molecular weight excluding hydrogens is 172 g/mol. The van der Waals surface area contributed by atoms with Gasteiger partial charge in [-0.1, -0.05) is 0 Å². The summed E-state index contributed by atoms with van der Waals surface area (Å²) in [6, 6.07) is 1.90. The second-order valence-corrected chi connectivity index (χ2v) is 3.23. The molecule has 0 saturated heterocycles. The van der Waals surface area contributed by atoms with E-state index in [-0.39, 0.29) is 0 Å². The molecule has 2 heterocycles. The summed E-state index contributed by atoms with van der Waals surface area (Å²) in [5, 5.41) is 10.0. The molecule has 0 aliphatic carbocycles. The smallest absolute Gasteiger partial charge is 0.188 e. The molecule has 0 unspecified atom stereocenters. The van der Waals surface area contributed by atoms with E-state index < -0.39 is 0 Å². The van der Waals surface area contributed by atoms with E-state index in [1.807, 2.05) is 24.7 Å². The quantitative estimate of drug-likeness (QED) is 0.763. The van der Waals surface area contributed by atoms with Gasteiger partial charge in [-0.15, -0.1) is 11.3 Å². The van der Waals surface area contributed by atoms with Crippen molar-refractivity contribution in [2.24, 2.45) is 7.05 Å². The fourth-order valence-electron chi connectivity index (χ4n) is 0.876. The lowest BCUT2D eigenvalue weighted by atomic mass is 10.6. The van der Waals surface area contributed by atoms with Crippen molar-refractivity contribution in [1.29, 1.82) is 0 Å². The Kier molecular flexibility index (Phi) is 1.79. The van der Waals surface area contributed by atoms with Crippen LogP contribution in [0.4, 0.5) is 10.9 Å². The fourth-order valence-corrected chi connectivity index (χ4v) is 1.41. The first kappa shape index (κ1) is 7.30. The van der Waals surface area contributed by atoms with Gasteiger partial charge in [-0.05, 0) is 0 Å². The molecule has 0 fully saturated rings. The molecule has 62 valence electrons. The normalized spacial score (nSPS) is 10.1. The van der Waals surface area contributed by atoms with Crippen molar-refractivity contribution in [1.82, 2.24) is 14.8 Å². The summed E-state index contributed by atoms with van der Waals surface area (Å²) in [6.07, 6.45) is 3.64. The second kappa shape index (κ2) is 2.94. The van der Waals surface area contributed by atoms with Crippen molar-refractivity contribution in [3.05, 3.63) is 23.8 Å². The molecular formula is C7H8N4S. The summed E-state index contributed by atoms with van der Waals surface area (Å²) >= 11 is 1.56. The molecule has 0 radical (unpaired) electrons. The van der Waals surface area contributed by atoms with Crippen LogP contribution in [0.5, 0.6) is 0 Å². The van der Waals surface area contributed by atoms with Crippen molar-refractivity contribution in [2.75, 3.05) is 5.32 Å². The van der Waals surface area contributed by atoms with Gasteiger partial charge in [0.05, 0.1) is 0 Å². The van der Waals surface area contributed by atoms with E-state index in [2.05, 4.69) is 15.4 Å². The van der Waals surface area contributed by atoms with Gasteiger partial charge in [0.2, 0.25) is 0 Å².